The quantitative estimate of drug-likeness (QED) is 0.461. The second kappa shape index (κ2) is 11.2. The van der Waals surface area contributed by atoms with E-state index in [2.05, 4.69) is 42.9 Å². The molecule has 0 amide bonds. The first kappa shape index (κ1) is 17.1. The lowest BCUT2D eigenvalue weighted by molar-refractivity contribution is -0.697. The van der Waals surface area contributed by atoms with Crippen molar-refractivity contribution in [2.75, 3.05) is 0 Å². The van der Waals surface area contributed by atoms with Crippen molar-refractivity contribution in [3.8, 4) is 0 Å². The van der Waals surface area contributed by atoms with Crippen LogP contribution in [0.5, 0.6) is 0 Å². The molecule has 0 fully saturated rings. The van der Waals surface area contributed by atoms with Gasteiger partial charge in [0, 0.05) is 18.1 Å². The highest BCUT2D eigenvalue weighted by Gasteiger charge is 2.02. The van der Waals surface area contributed by atoms with Gasteiger partial charge < -0.3 is 4.70 Å². The molecule has 0 unspecified atom stereocenters. The van der Waals surface area contributed by atoms with Gasteiger partial charge in [-0.1, -0.05) is 39.5 Å². The molecule has 0 atom stereocenters. The molecular weight excluding hydrogens is 225 g/mol. The smallest absolute Gasteiger partial charge is 0.171 e. The second-order valence-electron chi connectivity index (χ2n) is 4.97. The minimum Gasteiger partial charge on any atom is -1.00 e. The Morgan fingerprint density at radius 2 is 1.67 bits per heavy atom. The van der Waals surface area contributed by atoms with Crippen molar-refractivity contribution >= 4 is 0 Å². The van der Waals surface area contributed by atoms with E-state index in [9.17, 15) is 0 Å². The van der Waals surface area contributed by atoms with Crippen molar-refractivity contribution in [3.05, 3.63) is 30.1 Å². The molecule has 0 aliphatic rings. The standard InChI is InChI=1S/C16H28N.FH/c1-3-5-7-8-9-13-17-14-10-12-16(15-17)11-6-4-2;/h10,12,14-15H,3-9,11,13H2,1-2H3;1H/q+1;/p-1. The maximum atomic E-state index is 2.36. The van der Waals surface area contributed by atoms with Gasteiger partial charge in [0.15, 0.2) is 12.4 Å². The number of aryl methyl sites for hydroxylation is 2. The molecule has 0 bridgehead atoms. The first-order chi connectivity index (χ1) is 8.36. The number of halogens is 1. The van der Waals surface area contributed by atoms with E-state index >= 15 is 0 Å². The fraction of sp³-hybridized carbons (Fsp3) is 0.688. The zero-order valence-electron chi connectivity index (χ0n) is 12.0. The molecule has 18 heavy (non-hydrogen) atoms. The van der Waals surface area contributed by atoms with Gasteiger partial charge in [0.05, 0.1) is 0 Å². The number of pyridine rings is 1. The zero-order valence-corrected chi connectivity index (χ0v) is 12.0. The lowest BCUT2D eigenvalue weighted by Crippen LogP contribution is -3.00. The summed E-state index contributed by atoms with van der Waals surface area (Å²) in [5, 5.41) is 0. The fourth-order valence-corrected chi connectivity index (χ4v) is 2.14. The molecular formula is C16H28FN. The third-order valence-electron chi connectivity index (χ3n) is 3.26. The van der Waals surface area contributed by atoms with Gasteiger partial charge in [-0.05, 0) is 25.3 Å². The van der Waals surface area contributed by atoms with Crippen molar-refractivity contribution in [1.82, 2.24) is 0 Å². The average Bonchev–Trinajstić information content (AvgIpc) is 2.37. The minimum atomic E-state index is 0. The normalized spacial score (nSPS) is 10.1. The molecule has 0 N–H and O–H groups in total. The first-order valence-electron chi connectivity index (χ1n) is 7.34. The van der Waals surface area contributed by atoms with E-state index in [1.807, 2.05) is 0 Å². The van der Waals surface area contributed by atoms with Gasteiger partial charge in [-0.3, -0.25) is 0 Å². The summed E-state index contributed by atoms with van der Waals surface area (Å²) in [5.41, 5.74) is 1.49. The first-order valence-corrected chi connectivity index (χ1v) is 7.34. The molecule has 2 heteroatoms. The average molecular weight is 253 g/mol. The number of rotatable bonds is 9. The number of nitrogens with zero attached hydrogens (tertiary/aromatic N) is 1. The lowest BCUT2D eigenvalue weighted by Gasteiger charge is -2.01. The van der Waals surface area contributed by atoms with E-state index in [1.165, 1.54) is 63.5 Å². The lowest BCUT2D eigenvalue weighted by atomic mass is 10.1. The van der Waals surface area contributed by atoms with Gasteiger partial charge in [-0.2, -0.15) is 0 Å². The van der Waals surface area contributed by atoms with Crippen LogP contribution in [-0.4, -0.2) is 0 Å². The SMILES string of the molecule is CCCCCCC[n+]1cccc(CCCC)c1.[F-]. The third kappa shape index (κ3) is 7.41. The summed E-state index contributed by atoms with van der Waals surface area (Å²) in [6, 6.07) is 4.44. The molecule has 104 valence electrons. The molecule has 0 aliphatic carbocycles. The van der Waals surface area contributed by atoms with Crippen LogP contribution in [0.25, 0.3) is 0 Å². The molecule has 1 nitrogen and oxygen atoms in total. The highest BCUT2D eigenvalue weighted by atomic mass is 19.0. The van der Waals surface area contributed by atoms with Crippen molar-refractivity contribution in [2.24, 2.45) is 0 Å². The fourth-order valence-electron chi connectivity index (χ4n) is 2.14. The van der Waals surface area contributed by atoms with E-state index in [1.54, 1.807) is 0 Å². The largest absolute Gasteiger partial charge is 1.00 e. The van der Waals surface area contributed by atoms with Crippen molar-refractivity contribution < 1.29 is 9.27 Å². The van der Waals surface area contributed by atoms with Crippen molar-refractivity contribution in [1.29, 1.82) is 0 Å². The van der Waals surface area contributed by atoms with Crippen molar-refractivity contribution in [2.45, 2.75) is 71.8 Å². The predicted molar refractivity (Wildman–Crippen MR) is 74.0 cm³/mol. The van der Waals surface area contributed by atoms with E-state index in [4.69, 9.17) is 0 Å². The maximum absolute atomic E-state index is 2.36. The van der Waals surface area contributed by atoms with Crippen LogP contribution < -0.4 is 9.27 Å². The van der Waals surface area contributed by atoms with Gasteiger partial charge >= 0.3 is 0 Å². The van der Waals surface area contributed by atoms with Crippen LogP contribution in [0.3, 0.4) is 0 Å². The topological polar surface area (TPSA) is 3.88 Å². The van der Waals surface area contributed by atoms with Gasteiger partial charge in [-0.15, -0.1) is 0 Å². The molecule has 1 heterocycles. The van der Waals surface area contributed by atoms with Crippen LogP contribution >= 0.6 is 0 Å². The van der Waals surface area contributed by atoms with Gasteiger partial charge in [0.1, 0.15) is 6.54 Å². The molecule has 1 aromatic heterocycles. The number of hydrogen-bond acceptors (Lipinski definition) is 0. The summed E-state index contributed by atoms with van der Waals surface area (Å²) in [6.07, 6.45) is 15.2. The zero-order chi connectivity index (χ0) is 12.3. The summed E-state index contributed by atoms with van der Waals surface area (Å²) in [7, 11) is 0. The van der Waals surface area contributed by atoms with Crippen LogP contribution in [0, 0.1) is 0 Å². The van der Waals surface area contributed by atoms with Crippen LogP contribution in [0.1, 0.15) is 64.4 Å². The Labute approximate surface area is 112 Å². The van der Waals surface area contributed by atoms with Gasteiger partial charge in [-0.25, -0.2) is 4.57 Å². The number of aromatic nitrogens is 1. The van der Waals surface area contributed by atoms with Crippen molar-refractivity contribution in [3.63, 3.8) is 0 Å². The monoisotopic (exact) mass is 253 g/mol. The number of unbranched alkanes of at least 4 members (excludes halogenated alkanes) is 5. The predicted octanol–water partition coefficient (Wildman–Crippen LogP) is 1.29. The van der Waals surface area contributed by atoms with E-state index < -0.39 is 0 Å². The summed E-state index contributed by atoms with van der Waals surface area (Å²) < 4.78 is 2.36. The molecule has 0 aromatic carbocycles. The molecule has 0 saturated heterocycles. The van der Waals surface area contributed by atoms with E-state index in [0.717, 1.165) is 0 Å². The Morgan fingerprint density at radius 3 is 2.39 bits per heavy atom. The Morgan fingerprint density at radius 1 is 0.944 bits per heavy atom. The molecule has 0 saturated carbocycles. The molecule has 0 spiro atoms. The summed E-state index contributed by atoms with van der Waals surface area (Å²) >= 11 is 0. The Balaban J connectivity index is 0.00000289. The summed E-state index contributed by atoms with van der Waals surface area (Å²) in [6.45, 7) is 5.71. The van der Waals surface area contributed by atoms with Crippen LogP contribution in [0.4, 0.5) is 0 Å². The molecule has 1 rings (SSSR count). The van der Waals surface area contributed by atoms with E-state index in [0.29, 0.717) is 0 Å². The maximum Gasteiger partial charge on any atom is 0.171 e. The molecule has 0 aliphatic heterocycles. The number of hydrogen-bond donors (Lipinski definition) is 0. The third-order valence-corrected chi connectivity index (χ3v) is 3.26. The highest BCUT2D eigenvalue weighted by molar-refractivity contribution is 5.05. The van der Waals surface area contributed by atoms with E-state index in [-0.39, 0.29) is 4.70 Å². The van der Waals surface area contributed by atoms with Gasteiger partial charge in [0.25, 0.3) is 0 Å². The summed E-state index contributed by atoms with van der Waals surface area (Å²) in [4.78, 5) is 0. The Kier molecular flexibility index (Phi) is 10.6. The Hall–Kier alpha value is -0.920. The Bertz CT molecular complexity index is 299. The second-order valence-corrected chi connectivity index (χ2v) is 4.97. The highest BCUT2D eigenvalue weighted by Crippen LogP contribution is 2.04. The molecule has 1 aromatic rings. The van der Waals surface area contributed by atoms with Crippen LogP contribution in [0.2, 0.25) is 0 Å². The van der Waals surface area contributed by atoms with Crippen LogP contribution in [-0.2, 0) is 13.0 Å². The van der Waals surface area contributed by atoms with Gasteiger partial charge in [0.2, 0.25) is 0 Å². The summed E-state index contributed by atoms with van der Waals surface area (Å²) in [5.74, 6) is 0. The minimum absolute atomic E-state index is 0. The van der Waals surface area contributed by atoms with Crippen LogP contribution in [0.15, 0.2) is 24.5 Å². The molecule has 0 radical (unpaired) electrons.